The van der Waals surface area contributed by atoms with Crippen molar-refractivity contribution in [3.8, 4) is 5.75 Å². The molecule has 5 heteroatoms. The summed E-state index contributed by atoms with van der Waals surface area (Å²) in [4.78, 5) is 0. The van der Waals surface area contributed by atoms with Crippen LogP contribution in [0.2, 0.25) is 10.0 Å². The Hall–Kier alpha value is -0.740. The molecule has 2 rings (SSSR count). The third-order valence-electron chi connectivity index (χ3n) is 2.90. The second-order valence-corrected chi connectivity index (χ2v) is 6.19. The summed E-state index contributed by atoms with van der Waals surface area (Å²) in [6.45, 7) is 2.22. The van der Waals surface area contributed by atoms with Crippen LogP contribution in [-0.4, -0.2) is 0 Å². The summed E-state index contributed by atoms with van der Waals surface area (Å²) in [6, 6.07) is 11.1. The molecule has 106 valence electrons. The first-order chi connectivity index (χ1) is 9.49. The maximum atomic E-state index is 6.13. The highest BCUT2D eigenvalue weighted by Crippen LogP contribution is 2.30. The molecular weight excluding hydrogens is 361 g/mol. The van der Waals surface area contributed by atoms with Crippen LogP contribution >= 0.6 is 39.1 Å². The summed E-state index contributed by atoms with van der Waals surface area (Å²) < 4.78 is 6.78. The van der Waals surface area contributed by atoms with Crippen LogP contribution in [0.15, 0.2) is 40.9 Å². The molecule has 0 unspecified atom stereocenters. The average molecular weight is 375 g/mol. The van der Waals surface area contributed by atoms with Crippen molar-refractivity contribution in [2.45, 2.75) is 19.6 Å². The number of halogens is 3. The molecule has 0 heterocycles. The minimum atomic E-state index is -0.111. The normalized spacial score (nSPS) is 12.2. The van der Waals surface area contributed by atoms with Crippen molar-refractivity contribution >= 4 is 39.1 Å². The molecule has 0 saturated heterocycles. The van der Waals surface area contributed by atoms with Gasteiger partial charge in [0.25, 0.3) is 0 Å². The lowest BCUT2D eigenvalue weighted by Gasteiger charge is -2.15. The molecule has 1 atom stereocenters. The van der Waals surface area contributed by atoms with Crippen LogP contribution in [0.1, 0.15) is 24.1 Å². The van der Waals surface area contributed by atoms with Crippen molar-refractivity contribution in [3.05, 3.63) is 62.0 Å². The zero-order valence-corrected chi connectivity index (χ0v) is 14.0. The molecule has 0 fully saturated rings. The topological polar surface area (TPSA) is 35.2 Å². The Morgan fingerprint density at radius 1 is 1.20 bits per heavy atom. The van der Waals surface area contributed by atoms with Gasteiger partial charge in [-0.2, -0.15) is 0 Å². The van der Waals surface area contributed by atoms with Crippen LogP contribution in [0, 0.1) is 0 Å². The van der Waals surface area contributed by atoms with E-state index >= 15 is 0 Å². The smallest absolute Gasteiger partial charge is 0.125 e. The van der Waals surface area contributed by atoms with Crippen molar-refractivity contribution in [1.29, 1.82) is 0 Å². The van der Waals surface area contributed by atoms with Gasteiger partial charge in [-0.1, -0.05) is 51.3 Å². The fourth-order valence-electron chi connectivity index (χ4n) is 1.83. The first-order valence-electron chi connectivity index (χ1n) is 6.09. The Morgan fingerprint density at radius 3 is 2.45 bits per heavy atom. The molecule has 0 aliphatic rings. The number of nitrogens with two attached hydrogens (primary N) is 1. The SMILES string of the molecule is C[C@H](N)c1ccc(Br)cc1OCc1c(Cl)cccc1Cl. The van der Waals surface area contributed by atoms with Crippen molar-refractivity contribution in [3.63, 3.8) is 0 Å². The second-order valence-electron chi connectivity index (χ2n) is 4.46. The largest absolute Gasteiger partial charge is 0.488 e. The average Bonchev–Trinajstić information content (AvgIpc) is 2.37. The highest BCUT2D eigenvalue weighted by atomic mass is 79.9. The summed E-state index contributed by atoms with van der Waals surface area (Å²) in [5, 5.41) is 1.18. The monoisotopic (exact) mass is 373 g/mol. The Balaban J connectivity index is 2.25. The minimum Gasteiger partial charge on any atom is -0.488 e. The van der Waals surface area contributed by atoms with Gasteiger partial charge in [-0.05, 0) is 31.2 Å². The van der Waals surface area contributed by atoms with Gasteiger partial charge in [0.15, 0.2) is 0 Å². The van der Waals surface area contributed by atoms with E-state index in [-0.39, 0.29) is 6.04 Å². The molecule has 20 heavy (non-hydrogen) atoms. The van der Waals surface area contributed by atoms with Gasteiger partial charge in [-0.3, -0.25) is 0 Å². The zero-order chi connectivity index (χ0) is 14.7. The molecule has 0 aliphatic heterocycles. The first-order valence-corrected chi connectivity index (χ1v) is 7.64. The minimum absolute atomic E-state index is 0.111. The number of ether oxygens (including phenoxy) is 1. The molecule has 0 aliphatic carbocycles. The Labute approximate surface area is 137 Å². The van der Waals surface area contributed by atoms with Crippen LogP contribution in [-0.2, 0) is 6.61 Å². The number of rotatable bonds is 4. The third kappa shape index (κ3) is 3.67. The Morgan fingerprint density at radius 2 is 1.85 bits per heavy atom. The van der Waals surface area contributed by atoms with E-state index in [9.17, 15) is 0 Å². The summed E-state index contributed by atoms with van der Waals surface area (Å²) in [7, 11) is 0. The van der Waals surface area contributed by atoms with Gasteiger partial charge in [0.1, 0.15) is 12.4 Å². The molecule has 0 radical (unpaired) electrons. The van der Waals surface area contributed by atoms with E-state index in [0.717, 1.165) is 21.3 Å². The summed E-state index contributed by atoms with van der Waals surface area (Å²) >= 11 is 15.7. The van der Waals surface area contributed by atoms with Crippen LogP contribution in [0.4, 0.5) is 0 Å². The molecule has 0 amide bonds. The lowest BCUT2D eigenvalue weighted by molar-refractivity contribution is 0.301. The summed E-state index contributed by atoms with van der Waals surface area (Å²) in [5.41, 5.74) is 7.66. The maximum absolute atomic E-state index is 6.13. The predicted molar refractivity (Wildman–Crippen MR) is 87.5 cm³/mol. The Kier molecular flexibility index (Phi) is 5.33. The molecule has 2 N–H and O–H groups in total. The van der Waals surface area contributed by atoms with Crippen LogP contribution in [0.5, 0.6) is 5.75 Å². The van der Waals surface area contributed by atoms with Crippen molar-refractivity contribution in [2.24, 2.45) is 5.73 Å². The highest BCUT2D eigenvalue weighted by Gasteiger charge is 2.11. The van der Waals surface area contributed by atoms with Crippen molar-refractivity contribution < 1.29 is 4.74 Å². The van der Waals surface area contributed by atoms with Gasteiger partial charge in [-0.15, -0.1) is 0 Å². The van der Waals surface area contributed by atoms with Crippen LogP contribution in [0.25, 0.3) is 0 Å². The van der Waals surface area contributed by atoms with Crippen LogP contribution in [0.3, 0.4) is 0 Å². The van der Waals surface area contributed by atoms with Gasteiger partial charge in [-0.25, -0.2) is 0 Å². The van der Waals surface area contributed by atoms with Gasteiger partial charge in [0, 0.05) is 31.7 Å². The van der Waals surface area contributed by atoms with Crippen molar-refractivity contribution in [2.75, 3.05) is 0 Å². The van der Waals surface area contributed by atoms with E-state index in [1.165, 1.54) is 0 Å². The quantitative estimate of drug-likeness (QED) is 0.782. The number of benzene rings is 2. The fraction of sp³-hybridized carbons (Fsp3) is 0.200. The molecule has 0 bridgehead atoms. The molecule has 2 aromatic carbocycles. The van der Waals surface area contributed by atoms with E-state index in [0.29, 0.717) is 16.7 Å². The molecule has 2 nitrogen and oxygen atoms in total. The lowest BCUT2D eigenvalue weighted by atomic mass is 10.1. The Bertz CT molecular complexity index is 597. The molecular formula is C15H14BrCl2NO. The summed E-state index contributed by atoms with van der Waals surface area (Å²) in [5.74, 6) is 0.727. The van der Waals surface area contributed by atoms with Gasteiger partial charge < -0.3 is 10.5 Å². The summed E-state index contributed by atoms with van der Waals surface area (Å²) in [6.07, 6.45) is 0. The van der Waals surface area contributed by atoms with Gasteiger partial charge >= 0.3 is 0 Å². The third-order valence-corrected chi connectivity index (χ3v) is 4.10. The standard InChI is InChI=1S/C15H14BrCl2NO/c1-9(19)11-6-5-10(16)7-15(11)20-8-12-13(17)3-2-4-14(12)18/h2-7,9H,8,19H2,1H3/t9-/m0/s1. The van der Waals surface area contributed by atoms with E-state index < -0.39 is 0 Å². The highest BCUT2D eigenvalue weighted by molar-refractivity contribution is 9.10. The number of hydrogen-bond acceptors (Lipinski definition) is 2. The van der Waals surface area contributed by atoms with Crippen LogP contribution < -0.4 is 10.5 Å². The fourth-order valence-corrected chi connectivity index (χ4v) is 2.68. The van der Waals surface area contributed by atoms with Gasteiger partial charge in [0.2, 0.25) is 0 Å². The lowest BCUT2D eigenvalue weighted by Crippen LogP contribution is -2.08. The van der Waals surface area contributed by atoms with Crippen molar-refractivity contribution in [1.82, 2.24) is 0 Å². The van der Waals surface area contributed by atoms with E-state index in [1.807, 2.05) is 25.1 Å². The molecule has 2 aromatic rings. The van der Waals surface area contributed by atoms with E-state index in [4.69, 9.17) is 33.7 Å². The molecule has 0 saturated carbocycles. The molecule has 0 spiro atoms. The second kappa shape index (κ2) is 6.81. The van der Waals surface area contributed by atoms with E-state index in [2.05, 4.69) is 15.9 Å². The zero-order valence-electron chi connectivity index (χ0n) is 10.9. The molecule has 0 aromatic heterocycles. The maximum Gasteiger partial charge on any atom is 0.125 e. The van der Waals surface area contributed by atoms with Gasteiger partial charge in [0.05, 0.1) is 0 Å². The van der Waals surface area contributed by atoms with E-state index in [1.54, 1.807) is 18.2 Å². The first kappa shape index (κ1) is 15.6. The predicted octanol–water partition coefficient (Wildman–Crippen LogP) is 5.35. The number of hydrogen-bond donors (Lipinski definition) is 1.